The van der Waals surface area contributed by atoms with Crippen LogP contribution < -0.4 is 4.74 Å². The summed E-state index contributed by atoms with van der Waals surface area (Å²) in [5, 5.41) is 0. The van der Waals surface area contributed by atoms with E-state index in [0.717, 1.165) is 18.6 Å². The van der Waals surface area contributed by atoms with Gasteiger partial charge in [-0.05, 0) is 6.07 Å². The van der Waals surface area contributed by atoms with Crippen molar-refractivity contribution in [2.75, 3.05) is 6.61 Å². The van der Waals surface area contributed by atoms with Crippen LogP contribution in [0.3, 0.4) is 0 Å². The van der Waals surface area contributed by atoms with Crippen LogP contribution in [0.15, 0.2) is 24.7 Å². The minimum absolute atomic E-state index is 0.0286. The average Bonchev–Trinajstić information content (AvgIpc) is 2.44. The highest BCUT2D eigenvalue weighted by molar-refractivity contribution is 5.56. The molecule has 0 saturated heterocycles. The molecule has 11 heteroatoms. The zero-order valence-corrected chi connectivity index (χ0v) is 10.5. The summed E-state index contributed by atoms with van der Waals surface area (Å²) in [6, 6.07) is 0.710. The Balaban J connectivity index is 2.19. The fraction of sp³-hybridized carbons (Fsp3) is 0.273. The van der Waals surface area contributed by atoms with Gasteiger partial charge >= 0.3 is 18.4 Å². The Hall–Kier alpha value is -2.46. The predicted octanol–water partition coefficient (Wildman–Crippen LogP) is 2.89. The summed E-state index contributed by atoms with van der Waals surface area (Å²) >= 11 is 0. The number of ether oxygens (including phenoxy) is 1. The summed E-state index contributed by atoms with van der Waals surface area (Å²) in [5.41, 5.74) is 0.105. The third-order valence-electron chi connectivity index (χ3n) is 2.20. The molecule has 0 saturated carbocycles. The van der Waals surface area contributed by atoms with E-state index in [1.54, 1.807) is 0 Å². The molecule has 0 aliphatic carbocycles. The number of rotatable bonds is 3. The topological polar surface area (TPSA) is 60.8 Å². The molecular formula is C11H6F6N4O. The van der Waals surface area contributed by atoms with Crippen LogP contribution in [0.4, 0.5) is 26.3 Å². The van der Waals surface area contributed by atoms with E-state index in [4.69, 9.17) is 0 Å². The van der Waals surface area contributed by atoms with Crippen LogP contribution >= 0.6 is 0 Å². The third-order valence-corrected chi connectivity index (χ3v) is 2.20. The molecule has 0 aliphatic heterocycles. The first-order valence-corrected chi connectivity index (χ1v) is 5.57. The van der Waals surface area contributed by atoms with Crippen LogP contribution in [0.5, 0.6) is 6.01 Å². The first-order valence-electron chi connectivity index (χ1n) is 5.57. The zero-order valence-electron chi connectivity index (χ0n) is 10.5. The number of nitrogens with zero attached hydrogens (tertiary/aromatic N) is 4. The maximum absolute atomic E-state index is 12.3. The number of hydrogen-bond acceptors (Lipinski definition) is 5. The van der Waals surface area contributed by atoms with Crippen LogP contribution in [-0.2, 0) is 6.18 Å². The highest BCUT2D eigenvalue weighted by Gasteiger charge is 2.34. The number of hydrogen-bond donors (Lipinski definition) is 0. The first-order chi connectivity index (χ1) is 10.1. The quantitative estimate of drug-likeness (QED) is 0.813. The highest BCUT2D eigenvalue weighted by atomic mass is 19.4. The van der Waals surface area contributed by atoms with Gasteiger partial charge < -0.3 is 4.74 Å². The van der Waals surface area contributed by atoms with E-state index in [1.807, 2.05) is 0 Å². The number of alkyl halides is 6. The lowest BCUT2D eigenvalue weighted by molar-refractivity contribution is -0.154. The lowest BCUT2D eigenvalue weighted by Crippen LogP contribution is -2.20. The van der Waals surface area contributed by atoms with Gasteiger partial charge in [0.1, 0.15) is 0 Å². The Morgan fingerprint density at radius 1 is 0.955 bits per heavy atom. The molecule has 0 N–H and O–H groups in total. The van der Waals surface area contributed by atoms with Crippen LogP contribution in [0.2, 0.25) is 0 Å². The standard InChI is InChI=1S/C11H6F6N4O/c12-10(13,14)5-22-9-18-2-1-7(21-9)6-3-19-8(20-4-6)11(15,16)17/h1-4H,5H2. The van der Waals surface area contributed by atoms with Crippen molar-refractivity contribution in [3.05, 3.63) is 30.5 Å². The van der Waals surface area contributed by atoms with Crippen LogP contribution in [0, 0.1) is 0 Å². The van der Waals surface area contributed by atoms with Gasteiger partial charge in [-0.2, -0.15) is 31.3 Å². The van der Waals surface area contributed by atoms with Crippen molar-refractivity contribution in [3.63, 3.8) is 0 Å². The van der Waals surface area contributed by atoms with Crippen molar-refractivity contribution in [3.8, 4) is 17.3 Å². The van der Waals surface area contributed by atoms with Crippen molar-refractivity contribution in [2.45, 2.75) is 12.4 Å². The van der Waals surface area contributed by atoms with Gasteiger partial charge in [0, 0.05) is 24.2 Å². The Labute approximate surface area is 119 Å². The average molecular weight is 324 g/mol. The first kappa shape index (κ1) is 15.9. The molecule has 0 bridgehead atoms. The minimum Gasteiger partial charge on any atom is -0.454 e. The molecule has 0 fully saturated rings. The van der Waals surface area contributed by atoms with Crippen molar-refractivity contribution in [1.82, 2.24) is 19.9 Å². The summed E-state index contributed by atoms with van der Waals surface area (Å²) in [5.74, 6) is -1.33. The zero-order chi connectivity index (χ0) is 16.4. The van der Waals surface area contributed by atoms with Gasteiger partial charge in [-0.1, -0.05) is 0 Å². The largest absolute Gasteiger partial charge is 0.454 e. The summed E-state index contributed by atoms with van der Waals surface area (Å²) in [6.45, 7) is -1.58. The Morgan fingerprint density at radius 2 is 1.59 bits per heavy atom. The van der Waals surface area contributed by atoms with Crippen LogP contribution in [-0.4, -0.2) is 32.7 Å². The van der Waals surface area contributed by atoms with E-state index in [9.17, 15) is 26.3 Å². The summed E-state index contributed by atoms with van der Waals surface area (Å²) in [7, 11) is 0. The smallest absolute Gasteiger partial charge is 0.451 e. The van der Waals surface area contributed by atoms with Gasteiger partial charge in [0.25, 0.3) is 0 Å². The monoisotopic (exact) mass is 324 g/mol. The molecule has 0 atom stereocenters. The molecule has 2 rings (SSSR count). The fourth-order valence-electron chi connectivity index (χ4n) is 1.32. The van der Waals surface area contributed by atoms with E-state index in [2.05, 4.69) is 24.7 Å². The second-order valence-corrected chi connectivity index (χ2v) is 3.92. The van der Waals surface area contributed by atoms with Crippen molar-refractivity contribution in [1.29, 1.82) is 0 Å². The molecule has 2 heterocycles. The number of halogens is 6. The predicted molar refractivity (Wildman–Crippen MR) is 59.6 cm³/mol. The third kappa shape index (κ3) is 4.27. The van der Waals surface area contributed by atoms with Crippen molar-refractivity contribution < 1.29 is 31.1 Å². The SMILES string of the molecule is FC(F)(F)COc1nccc(-c2cnc(C(F)(F)F)nc2)n1. The summed E-state index contributed by atoms with van der Waals surface area (Å²) in [6.07, 6.45) is -6.44. The Bertz CT molecular complexity index is 640. The normalized spacial score (nSPS) is 12.3. The summed E-state index contributed by atoms with van der Waals surface area (Å²) in [4.78, 5) is 13.4. The van der Waals surface area contributed by atoms with Crippen LogP contribution in [0.25, 0.3) is 11.3 Å². The second-order valence-electron chi connectivity index (χ2n) is 3.92. The Kier molecular flexibility index (Phi) is 4.15. The lowest BCUT2D eigenvalue weighted by Gasteiger charge is -2.08. The summed E-state index contributed by atoms with van der Waals surface area (Å²) < 4.78 is 77.3. The molecule has 22 heavy (non-hydrogen) atoms. The van der Waals surface area contributed by atoms with Crippen molar-refractivity contribution in [2.24, 2.45) is 0 Å². The van der Waals surface area contributed by atoms with Gasteiger partial charge in [0.2, 0.25) is 5.82 Å². The van der Waals surface area contributed by atoms with Gasteiger partial charge in [-0.15, -0.1) is 0 Å². The van der Waals surface area contributed by atoms with Crippen molar-refractivity contribution >= 4 is 0 Å². The van der Waals surface area contributed by atoms with E-state index < -0.39 is 30.8 Å². The lowest BCUT2D eigenvalue weighted by atomic mass is 10.2. The maximum atomic E-state index is 12.3. The molecule has 0 unspecified atom stereocenters. The molecule has 2 aromatic rings. The molecule has 0 radical (unpaired) electrons. The molecule has 0 aromatic carbocycles. The Morgan fingerprint density at radius 3 is 2.14 bits per heavy atom. The minimum atomic E-state index is -4.69. The van der Waals surface area contributed by atoms with E-state index in [-0.39, 0.29) is 11.3 Å². The molecule has 0 aliphatic rings. The highest BCUT2D eigenvalue weighted by Crippen LogP contribution is 2.26. The molecule has 118 valence electrons. The van der Waals surface area contributed by atoms with E-state index >= 15 is 0 Å². The van der Waals surface area contributed by atoms with E-state index in [0.29, 0.717) is 0 Å². The molecule has 5 nitrogen and oxygen atoms in total. The fourth-order valence-corrected chi connectivity index (χ4v) is 1.32. The molecular weight excluding hydrogens is 318 g/mol. The van der Waals surface area contributed by atoms with Gasteiger partial charge in [0.05, 0.1) is 5.69 Å². The van der Waals surface area contributed by atoms with E-state index in [1.165, 1.54) is 6.07 Å². The second kappa shape index (κ2) is 5.73. The van der Waals surface area contributed by atoms with Gasteiger partial charge in [-0.25, -0.2) is 15.0 Å². The molecule has 2 aromatic heterocycles. The van der Waals surface area contributed by atoms with Crippen LogP contribution in [0.1, 0.15) is 5.82 Å². The maximum Gasteiger partial charge on any atom is 0.451 e. The molecule has 0 spiro atoms. The van der Waals surface area contributed by atoms with Gasteiger partial charge in [-0.3, -0.25) is 0 Å². The number of aromatic nitrogens is 4. The molecule has 0 amide bonds. The van der Waals surface area contributed by atoms with Gasteiger partial charge in [0.15, 0.2) is 6.61 Å².